The highest BCUT2D eigenvalue weighted by molar-refractivity contribution is 5.65. The number of carbonyl (C=O) groups excluding carboxylic acids is 1. The molecule has 1 unspecified atom stereocenters. The SMILES string of the molecule is CC[NH+](CC(=O)[O-])Cc1ccc(OC)cc1OC. The quantitative estimate of drug-likeness (QED) is 0.667. The Kier molecular flexibility index (Phi) is 5.45. The summed E-state index contributed by atoms with van der Waals surface area (Å²) in [6.45, 7) is 3.22. The largest absolute Gasteiger partial charge is 0.544 e. The molecule has 1 aromatic rings. The number of carboxylic acid groups (broad SMARTS) is 1. The van der Waals surface area contributed by atoms with Crippen LogP contribution in [-0.2, 0) is 11.3 Å². The monoisotopic (exact) mass is 253 g/mol. The second-order valence-electron chi connectivity index (χ2n) is 4.01. The fraction of sp³-hybridized carbons (Fsp3) is 0.462. The van der Waals surface area contributed by atoms with Crippen molar-refractivity contribution in [2.45, 2.75) is 13.5 Å². The third-order valence-electron chi connectivity index (χ3n) is 2.83. The summed E-state index contributed by atoms with van der Waals surface area (Å²) in [5.41, 5.74) is 0.955. The summed E-state index contributed by atoms with van der Waals surface area (Å²) in [6, 6.07) is 5.52. The zero-order valence-electron chi connectivity index (χ0n) is 11.0. The van der Waals surface area contributed by atoms with E-state index in [4.69, 9.17) is 9.47 Å². The molecule has 0 bridgehead atoms. The van der Waals surface area contributed by atoms with Gasteiger partial charge < -0.3 is 24.3 Å². The van der Waals surface area contributed by atoms with E-state index >= 15 is 0 Å². The molecule has 0 saturated heterocycles. The minimum absolute atomic E-state index is 0.00825. The van der Waals surface area contributed by atoms with Gasteiger partial charge in [0.25, 0.3) is 0 Å². The molecule has 0 radical (unpaired) electrons. The molecule has 0 amide bonds. The van der Waals surface area contributed by atoms with Gasteiger partial charge in [-0.2, -0.15) is 0 Å². The molecule has 0 heterocycles. The van der Waals surface area contributed by atoms with Gasteiger partial charge in [-0.05, 0) is 19.1 Å². The molecule has 0 fully saturated rings. The number of benzene rings is 1. The number of methoxy groups -OCH3 is 2. The third kappa shape index (κ3) is 3.92. The first-order valence-corrected chi connectivity index (χ1v) is 5.85. The first kappa shape index (κ1) is 14.3. The Labute approximate surface area is 107 Å². The summed E-state index contributed by atoms with van der Waals surface area (Å²) >= 11 is 0. The van der Waals surface area contributed by atoms with Gasteiger partial charge in [-0.3, -0.25) is 0 Å². The van der Waals surface area contributed by atoms with Crippen molar-refractivity contribution in [1.82, 2.24) is 0 Å². The van der Waals surface area contributed by atoms with Gasteiger partial charge in [-0.25, -0.2) is 0 Å². The predicted molar refractivity (Wildman–Crippen MR) is 64.6 cm³/mol. The molecule has 5 heteroatoms. The lowest BCUT2D eigenvalue weighted by atomic mass is 10.1. The van der Waals surface area contributed by atoms with Gasteiger partial charge in [0.05, 0.1) is 26.7 Å². The van der Waals surface area contributed by atoms with Crippen molar-refractivity contribution in [3.63, 3.8) is 0 Å². The number of hydrogen-bond acceptors (Lipinski definition) is 4. The minimum atomic E-state index is -1.04. The number of carboxylic acids is 1. The highest BCUT2D eigenvalue weighted by Gasteiger charge is 2.12. The molecule has 18 heavy (non-hydrogen) atoms. The van der Waals surface area contributed by atoms with Crippen molar-refractivity contribution in [2.75, 3.05) is 27.3 Å². The molecule has 0 saturated carbocycles. The summed E-state index contributed by atoms with van der Waals surface area (Å²) in [5.74, 6) is 0.381. The summed E-state index contributed by atoms with van der Waals surface area (Å²) in [4.78, 5) is 11.5. The molecule has 0 aromatic heterocycles. The number of likely N-dealkylation sites (N-methyl/N-ethyl adjacent to an activating group) is 1. The second-order valence-corrected chi connectivity index (χ2v) is 4.01. The summed E-state index contributed by atoms with van der Waals surface area (Å²) < 4.78 is 10.4. The Morgan fingerprint density at radius 3 is 2.56 bits per heavy atom. The topological polar surface area (TPSA) is 63.0 Å². The normalized spacial score (nSPS) is 11.9. The molecule has 0 aliphatic rings. The molecule has 1 aromatic carbocycles. The summed E-state index contributed by atoms with van der Waals surface area (Å²) in [5, 5.41) is 10.6. The fourth-order valence-corrected chi connectivity index (χ4v) is 1.78. The van der Waals surface area contributed by atoms with Crippen LogP contribution in [0.1, 0.15) is 12.5 Å². The predicted octanol–water partition coefficient (Wildman–Crippen LogP) is -1.14. The molecular formula is C13H19NO4. The van der Waals surface area contributed by atoms with E-state index in [-0.39, 0.29) is 6.54 Å². The van der Waals surface area contributed by atoms with Crippen LogP contribution in [0.3, 0.4) is 0 Å². The second kappa shape index (κ2) is 6.86. The third-order valence-corrected chi connectivity index (χ3v) is 2.83. The Morgan fingerprint density at radius 1 is 1.33 bits per heavy atom. The lowest BCUT2D eigenvalue weighted by Crippen LogP contribution is -3.11. The van der Waals surface area contributed by atoms with Crippen LogP contribution in [0.4, 0.5) is 0 Å². The van der Waals surface area contributed by atoms with Crippen molar-refractivity contribution < 1.29 is 24.3 Å². The molecule has 100 valence electrons. The van der Waals surface area contributed by atoms with Crippen molar-refractivity contribution >= 4 is 5.97 Å². The van der Waals surface area contributed by atoms with Crippen LogP contribution in [0, 0.1) is 0 Å². The number of rotatable bonds is 7. The molecule has 0 aliphatic carbocycles. The van der Waals surface area contributed by atoms with E-state index in [0.717, 1.165) is 10.5 Å². The van der Waals surface area contributed by atoms with Gasteiger partial charge in [0.2, 0.25) is 0 Å². The van der Waals surface area contributed by atoms with Gasteiger partial charge in [0, 0.05) is 11.6 Å². The van der Waals surface area contributed by atoms with Crippen LogP contribution in [0.25, 0.3) is 0 Å². The number of hydrogen-bond donors (Lipinski definition) is 1. The van der Waals surface area contributed by atoms with E-state index in [2.05, 4.69) is 0 Å². The smallest absolute Gasteiger partial charge is 0.131 e. The lowest BCUT2D eigenvalue weighted by molar-refractivity contribution is -0.906. The van der Waals surface area contributed by atoms with Gasteiger partial charge in [0.1, 0.15) is 24.6 Å². The van der Waals surface area contributed by atoms with E-state index in [9.17, 15) is 9.90 Å². The van der Waals surface area contributed by atoms with Gasteiger partial charge >= 0.3 is 0 Å². The average molecular weight is 253 g/mol. The Morgan fingerprint density at radius 2 is 2.06 bits per heavy atom. The minimum Gasteiger partial charge on any atom is -0.544 e. The van der Waals surface area contributed by atoms with E-state index < -0.39 is 5.97 Å². The Balaban J connectivity index is 2.84. The molecule has 1 rings (SSSR count). The van der Waals surface area contributed by atoms with E-state index in [1.807, 2.05) is 19.1 Å². The zero-order chi connectivity index (χ0) is 13.5. The van der Waals surface area contributed by atoms with Crippen molar-refractivity contribution in [3.05, 3.63) is 23.8 Å². The summed E-state index contributed by atoms with van der Waals surface area (Å²) in [7, 11) is 3.18. The molecule has 0 spiro atoms. The lowest BCUT2D eigenvalue weighted by Gasteiger charge is -2.19. The molecule has 1 N–H and O–H groups in total. The Hall–Kier alpha value is -1.75. The molecule has 1 atom stereocenters. The van der Waals surface area contributed by atoms with Gasteiger partial charge in [-0.1, -0.05) is 0 Å². The molecule has 0 aliphatic heterocycles. The summed E-state index contributed by atoms with van der Waals surface area (Å²) in [6.07, 6.45) is 0. The van der Waals surface area contributed by atoms with Crippen molar-refractivity contribution in [3.8, 4) is 11.5 Å². The van der Waals surface area contributed by atoms with Crippen molar-refractivity contribution in [1.29, 1.82) is 0 Å². The zero-order valence-corrected chi connectivity index (χ0v) is 11.0. The number of ether oxygens (including phenoxy) is 2. The maximum absolute atomic E-state index is 10.6. The van der Waals surface area contributed by atoms with E-state index in [1.165, 1.54) is 0 Å². The Bertz CT molecular complexity index is 406. The van der Waals surface area contributed by atoms with Crippen LogP contribution in [0.5, 0.6) is 11.5 Å². The van der Waals surface area contributed by atoms with Gasteiger partial charge in [-0.15, -0.1) is 0 Å². The number of quaternary nitrogens is 1. The van der Waals surface area contributed by atoms with E-state index in [0.29, 0.717) is 24.6 Å². The first-order valence-electron chi connectivity index (χ1n) is 5.85. The maximum atomic E-state index is 10.6. The molecular weight excluding hydrogens is 234 g/mol. The number of nitrogens with one attached hydrogen (secondary N) is 1. The first-order chi connectivity index (χ1) is 8.60. The van der Waals surface area contributed by atoms with Crippen LogP contribution in [-0.4, -0.2) is 33.3 Å². The van der Waals surface area contributed by atoms with E-state index in [1.54, 1.807) is 20.3 Å². The van der Waals surface area contributed by atoms with Crippen LogP contribution in [0.15, 0.2) is 18.2 Å². The maximum Gasteiger partial charge on any atom is 0.131 e. The van der Waals surface area contributed by atoms with Crippen molar-refractivity contribution in [2.24, 2.45) is 0 Å². The van der Waals surface area contributed by atoms with Crippen LogP contribution >= 0.6 is 0 Å². The number of carbonyl (C=O) groups is 1. The average Bonchev–Trinajstić information content (AvgIpc) is 2.37. The fourth-order valence-electron chi connectivity index (χ4n) is 1.78. The standard InChI is InChI=1S/C13H19NO4/c1-4-14(9-13(15)16)8-10-5-6-11(17-2)7-12(10)18-3/h5-7H,4,8-9H2,1-3H3,(H,15,16). The van der Waals surface area contributed by atoms with Crippen LogP contribution < -0.4 is 19.5 Å². The van der Waals surface area contributed by atoms with Crippen LogP contribution in [0.2, 0.25) is 0 Å². The molecule has 5 nitrogen and oxygen atoms in total. The van der Waals surface area contributed by atoms with Gasteiger partial charge in [0.15, 0.2) is 0 Å². The highest BCUT2D eigenvalue weighted by Crippen LogP contribution is 2.23. The highest BCUT2D eigenvalue weighted by atomic mass is 16.5. The number of aliphatic carboxylic acids is 1.